The third kappa shape index (κ3) is 11.7. The van der Waals surface area contributed by atoms with Crippen molar-refractivity contribution < 1.29 is 43.8 Å². The van der Waals surface area contributed by atoms with Crippen molar-refractivity contribution >= 4 is 52.7 Å². The number of rotatable bonds is 14. The van der Waals surface area contributed by atoms with Gasteiger partial charge >= 0.3 is 0 Å². The van der Waals surface area contributed by atoms with Crippen molar-refractivity contribution in [1.82, 2.24) is 20.4 Å². The zero-order valence-corrected chi connectivity index (χ0v) is 38.9. The van der Waals surface area contributed by atoms with Crippen LogP contribution in [0.5, 0.6) is 11.5 Å². The lowest BCUT2D eigenvalue weighted by Crippen LogP contribution is -2.56. The number of likely N-dealkylation sites (tertiary alicyclic amines) is 1. The average molecular weight is 936 g/mol. The van der Waals surface area contributed by atoms with Gasteiger partial charge < -0.3 is 42.1 Å². The van der Waals surface area contributed by atoms with Gasteiger partial charge in [0.05, 0.1) is 0 Å². The average Bonchev–Trinajstić information content (AvgIpc) is 3.70. The van der Waals surface area contributed by atoms with E-state index in [0.717, 1.165) is 11.1 Å². The van der Waals surface area contributed by atoms with Gasteiger partial charge in [0.2, 0.25) is 29.5 Å². The maximum absolute atomic E-state index is 14.7. The Labute approximate surface area is 395 Å². The molecule has 5 amide bonds. The summed E-state index contributed by atoms with van der Waals surface area (Å²) in [6, 6.07) is 18.6. The molecule has 0 radical (unpaired) electrons. The van der Waals surface area contributed by atoms with E-state index in [1.165, 1.54) is 55.0 Å². The molecule has 2 aliphatic rings. The lowest BCUT2D eigenvalue weighted by atomic mass is 9.88. The highest BCUT2D eigenvalue weighted by atomic mass is 35.5. The van der Waals surface area contributed by atoms with Crippen molar-refractivity contribution in [2.24, 2.45) is 29.2 Å². The molecule has 0 saturated carbocycles. The SMILES string of the molecule is C[C@@H]1CC(=O)[C@@H](N(C)C(=O)[C@H](CCCCN)CC(=O)c2ccc(-c3ccc(Cl)cc3)cc2)c2ccc(O)c(c2)-c2cc(ccc2O)C[C@@H](C(=O)N[C@@H](C)C(=O)N2CC[C@H](C)[C@H]2C(N)=O)NC1=O. The quantitative estimate of drug-likeness (QED) is 0.0689. The number of halogens is 1. The number of carbonyl (C=O) groups excluding carboxylic acids is 7. The summed E-state index contributed by atoms with van der Waals surface area (Å²) in [7, 11) is 1.46. The smallest absolute Gasteiger partial charge is 0.245 e. The topological polar surface area (TPSA) is 243 Å². The van der Waals surface area contributed by atoms with Gasteiger partial charge in [-0.05, 0) is 97.3 Å². The summed E-state index contributed by atoms with van der Waals surface area (Å²) in [6.45, 7) is 5.46. The lowest BCUT2D eigenvalue weighted by molar-refractivity contribution is -0.142. The van der Waals surface area contributed by atoms with Crippen LogP contribution in [0.25, 0.3) is 22.3 Å². The van der Waals surface area contributed by atoms with Crippen molar-refractivity contribution in [1.29, 1.82) is 0 Å². The summed E-state index contributed by atoms with van der Waals surface area (Å²) in [5, 5.41) is 28.4. The number of hydrogen-bond acceptors (Lipinski definition) is 10. The predicted molar refractivity (Wildman–Crippen MR) is 253 cm³/mol. The van der Waals surface area contributed by atoms with E-state index in [1.807, 2.05) is 31.2 Å². The van der Waals surface area contributed by atoms with Crippen LogP contribution in [0.1, 0.15) is 86.8 Å². The number of Topliss-reactive ketones (excluding diaryl/α,β-unsaturated/α-hetero) is 2. The first-order valence-electron chi connectivity index (χ1n) is 22.6. The molecular formula is C51H59ClN6O9. The van der Waals surface area contributed by atoms with Crippen LogP contribution >= 0.6 is 11.6 Å². The molecule has 6 rings (SSSR count). The van der Waals surface area contributed by atoms with Gasteiger partial charge in [0.1, 0.15) is 35.7 Å². The van der Waals surface area contributed by atoms with Gasteiger partial charge in [-0.3, -0.25) is 33.6 Å². The molecule has 1 fully saturated rings. The number of hydrogen-bond donors (Lipinski definition) is 6. The minimum absolute atomic E-state index is 0.117. The fourth-order valence-electron chi connectivity index (χ4n) is 9.10. The number of likely N-dealkylation sites (N-methyl/N-ethyl adjacent to an activating group) is 1. The van der Waals surface area contributed by atoms with Crippen LogP contribution in [0.15, 0.2) is 84.9 Å². The second kappa shape index (κ2) is 21.8. The Balaban J connectivity index is 1.29. The van der Waals surface area contributed by atoms with E-state index in [-0.39, 0.29) is 65.7 Å². The zero-order valence-electron chi connectivity index (χ0n) is 38.2. The van der Waals surface area contributed by atoms with Gasteiger partial charge in [-0.2, -0.15) is 0 Å². The number of fused-ring (bicyclic) bond motifs is 5. The molecule has 0 aliphatic carbocycles. The van der Waals surface area contributed by atoms with E-state index in [1.54, 1.807) is 36.4 Å². The summed E-state index contributed by atoms with van der Waals surface area (Å²) in [6.07, 6.45) is 1.32. The van der Waals surface area contributed by atoms with Crippen molar-refractivity contribution in [2.45, 2.75) is 89.9 Å². The number of nitrogens with zero attached hydrogens (tertiary/aromatic N) is 2. The Morgan fingerprint density at radius 1 is 0.881 bits per heavy atom. The number of phenolic OH excluding ortho intramolecular Hbond substituents is 2. The molecular weight excluding hydrogens is 876 g/mol. The zero-order chi connectivity index (χ0) is 48.7. The minimum Gasteiger partial charge on any atom is -0.507 e. The normalized spacial score (nSPS) is 20.5. The van der Waals surface area contributed by atoms with Crippen molar-refractivity contribution in [3.8, 4) is 33.8 Å². The maximum atomic E-state index is 14.7. The Bertz CT molecular complexity index is 2510. The fraction of sp³-hybridized carbons (Fsp3) is 0.392. The molecule has 7 atom stereocenters. The molecule has 16 heteroatoms. The van der Waals surface area contributed by atoms with Gasteiger partial charge in [0.15, 0.2) is 11.6 Å². The molecule has 0 spiro atoms. The Hall–Kier alpha value is -6.58. The molecule has 67 heavy (non-hydrogen) atoms. The summed E-state index contributed by atoms with van der Waals surface area (Å²) < 4.78 is 0. The van der Waals surface area contributed by atoms with Crippen molar-refractivity contribution in [2.75, 3.05) is 20.1 Å². The van der Waals surface area contributed by atoms with Gasteiger partial charge in [-0.25, -0.2) is 0 Å². The Morgan fingerprint density at radius 2 is 1.51 bits per heavy atom. The second-order valence-corrected chi connectivity index (χ2v) is 18.3. The third-order valence-electron chi connectivity index (χ3n) is 12.9. The largest absolute Gasteiger partial charge is 0.507 e. The summed E-state index contributed by atoms with van der Waals surface area (Å²) in [5.41, 5.74) is 14.7. The van der Waals surface area contributed by atoms with E-state index in [2.05, 4.69) is 10.6 Å². The molecule has 1 saturated heterocycles. The first-order valence-corrected chi connectivity index (χ1v) is 23.0. The number of aromatic hydroxyl groups is 2. The monoisotopic (exact) mass is 934 g/mol. The number of primary amides is 1. The van der Waals surface area contributed by atoms with Crippen LogP contribution in [-0.2, 0) is 35.2 Å². The van der Waals surface area contributed by atoms with Gasteiger partial charge in [0, 0.05) is 66.4 Å². The first kappa shape index (κ1) is 49.8. The molecule has 0 unspecified atom stereocenters. The minimum atomic E-state index is -1.32. The van der Waals surface area contributed by atoms with Crippen LogP contribution < -0.4 is 22.1 Å². The van der Waals surface area contributed by atoms with Gasteiger partial charge in [-0.1, -0.05) is 80.4 Å². The van der Waals surface area contributed by atoms with Crippen LogP contribution in [0, 0.1) is 17.8 Å². The first-order chi connectivity index (χ1) is 31.9. The highest BCUT2D eigenvalue weighted by molar-refractivity contribution is 6.30. The maximum Gasteiger partial charge on any atom is 0.245 e. The van der Waals surface area contributed by atoms with Gasteiger partial charge in [-0.15, -0.1) is 0 Å². The van der Waals surface area contributed by atoms with E-state index in [4.69, 9.17) is 23.1 Å². The molecule has 2 heterocycles. The van der Waals surface area contributed by atoms with Gasteiger partial charge in [0.25, 0.3) is 0 Å². The van der Waals surface area contributed by atoms with E-state index >= 15 is 0 Å². The predicted octanol–water partition coefficient (Wildman–Crippen LogP) is 5.47. The van der Waals surface area contributed by atoms with Crippen LogP contribution in [-0.4, -0.2) is 99.4 Å². The number of unbranched alkanes of at least 4 members (excludes halogenated alkanes) is 1. The molecule has 15 nitrogen and oxygen atoms in total. The number of amides is 5. The van der Waals surface area contributed by atoms with Crippen molar-refractivity contribution in [3.05, 3.63) is 107 Å². The van der Waals surface area contributed by atoms with Crippen molar-refractivity contribution in [3.63, 3.8) is 0 Å². The number of phenols is 2. The summed E-state index contributed by atoms with van der Waals surface area (Å²) in [4.78, 5) is 99.6. The number of ketones is 2. The Morgan fingerprint density at radius 3 is 2.15 bits per heavy atom. The number of benzene rings is 4. The lowest BCUT2D eigenvalue weighted by Gasteiger charge is -2.32. The highest BCUT2D eigenvalue weighted by Crippen LogP contribution is 2.40. The van der Waals surface area contributed by atoms with Crippen LogP contribution in [0.4, 0.5) is 0 Å². The molecule has 4 bridgehead atoms. The highest BCUT2D eigenvalue weighted by Gasteiger charge is 2.41. The molecule has 8 N–H and O–H groups in total. The molecule has 354 valence electrons. The Kier molecular flexibility index (Phi) is 16.2. The third-order valence-corrected chi connectivity index (χ3v) is 13.2. The molecule has 4 aromatic carbocycles. The standard InChI is InChI=1S/C51H59ClN6O9/c1-28-20-22-58(45(28)47(54)63)50(66)30(3)55-49(65)40-25-31-8-18-41(59)38(24-31)39-26-35(15-19-42(39)60)46(44(62)23-29(2)48(64)56-40)57(4)51(67)36(7-5-6-21-53)27-43(61)34-11-9-32(10-12-34)33-13-16-37(52)17-14-33/h8-19,24,26,28-30,36,40,45-46,59-60H,5-7,20-23,25,27,53H2,1-4H3,(H2,54,63)(H,55,65)(H,56,64)/t28-,29+,30-,36+,40-,45-,46-/m0/s1. The van der Waals surface area contributed by atoms with E-state index in [9.17, 15) is 43.8 Å². The summed E-state index contributed by atoms with van der Waals surface area (Å²) in [5.74, 6) is -6.40. The summed E-state index contributed by atoms with van der Waals surface area (Å²) >= 11 is 6.07. The number of carbonyl (C=O) groups is 7. The fourth-order valence-corrected chi connectivity index (χ4v) is 9.23. The van der Waals surface area contributed by atoms with E-state index < -0.39 is 71.3 Å². The van der Waals surface area contributed by atoms with Crippen LogP contribution in [0.3, 0.4) is 0 Å². The van der Waals surface area contributed by atoms with Crippen LogP contribution in [0.2, 0.25) is 5.02 Å². The number of nitrogens with two attached hydrogens (primary N) is 2. The number of nitrogens with one attached hydrogen (secondary N) is 2. The molecule has 2 aliphatic heterocycles. The molecule has 0 aromatic heterocycles. The van der Waals surface area contributed by atoms with E-state index in [0.29, 0.717) is 48.4 Å². The molecule has 4 aromatic rings. The second-order valence-electron chi connectivity index (χ2n) is 17.9.